The summed E-state index contributed by atoms with van der Waals surface area (Å²) in [5, 5.41) is 0. The number of fused-ring (bicyclic) bond motifs is 1. The molecule has 2 N–H and O–H groups in total. The van der Waals surface area contributed by atoms with Gasteiger partial charge in [0.1, 0.15) is 5.70 Å². The number of ether oxygens (including phenoxy) is 1. The van der Waals surface area contributed by atoms with Gasteiger partial charge in [-0.2, -0.15) is 0 Å². The number of rotatable bonds is 5. The molecule has 0 aliphatic heterocycles. The van der Waals surface area contributed by atoms with Crippen LogP contribution < -0.4 is 5.73 Å². The molecule has 0 amide bonds. The number of esters is 1. The van der Waals surface area contributed by atoms with Crippen LogP contribution in [0.5, 0.6) is 0 Å². The lowest BCUT2D eigenvalue weighted by atomic mass is 9.80. The number of allylic oxidation sites excluding steroid dienone is 1. The second kappa shape index (κ2) is 8.78. The van der Waals surface area contributed by atoms with E-state index in [9.17, 15) is 4.79 Å². The molecule has 1 aliphatic rings. The fourth-order valence-corrected chi connectivity index (χ4v) is 3.86. The monoisotopic (exact) mass is 396 g/mol. The van der Waals surface area contributed by atoms with E-state index in [-0.39, 0.29) is 12.3 Å². The summed E-state index contributed by atoms with van der Waals surface area (Å²) in [5.41, 5.74) is 13.9. The smallest absolute Gasteiger partial charge is 0.354 e. The Balaban J connectivity index is 1.77. The number of benzene rings is 2. The van der Waals surface area contributed by atoms with Gasteiger partial charge in [-0.05, 0) is 59.7 Å². The number of nitrogens with two attached hydrogens (primary N) is 1. The van der Waals surface area contributed by atoms with Crippen LogP contribution in [0.25, 0.3) is 17.2 Å². The van der Waals surface area contributed by atoms with E-state index in [0.29, 0.717) is 5.69 Å². The molecule has 0 radical (unpaired) electrons. The number of pyridine rings is 1. The van der Waals surface area contributed by atoms with E-state index >= 15 is 0 Å². The number of aromatic nitrogens is 1. The second-order valence-electron chi connectivity index (χ2n) is 7.17. The van der Waals surface area contributed by atoms with Gasteiger partial charge in [0, 0.05) is 11.8 Å². The molecular weight excluding hydrogens is 372 g/mol. The molecule has 4 nitrogen and oxygen atoms in total. The van der Waals surface area contributed by atoms with Crippen LogP contribution in [-0.4, -0.2) is 17.6 Å². The highest BCUT2D eigenvalue weighted by Gasteiger charge is 2.21. The van der Waals surface area contributed by atoms with Gasteiger partial charge >= 0.3 is 5.97 Å². The van der Waals surface area contributed by atoms with Crippen LogP contribution in [0.1, 0.15) is 41.3 Å². The molecule has 0 unspecified atom stereocenters. The zero-order chi connectivity index (χ0) is 20.9. The summed E-state index contributed by atoms with van der Waals surface area (Å²) in [5.74, 6) is -0.529. The third kappa shape index (κ3) is 4.03. The molecule has 4 rings (SSSR count). The number of nitrogens with zero attached hydrogens (tertiary/aromatic N) is 1. The van der Waals surface area contributed by atoms with Gasteiger partial charge in [0.05, 0.1) is 12.3 Å². The van der Waals surface area contributed by atoms with Crippen LogP contribution >= 0.6 is 0 Å². The molecule has 30 heavy (non-hydrogen) atoms. The minimum absolute atomic E-state index is 0.0457. The molecule has 3 aromatic rings. The molecule has 0 fully saturated rings. The molecule has 0 saturated heterocycles. The van der Waals surface area contributed by atoms with Gasteiger partial charge in [0.15, 0.2) is 0 Å². The van der Waals surface area contributed by atoms with Gasteiger partial charge < -0.3 is 10.5 Å². The molecule has 2 aromatic carbocycles. The van der Waals surface area contributed by atoms with Crippen molar-refractivity contribution in [3.8, 4) is 0 Å². The lowest BCUT2D eigenvalue weighted by Crippen LogP contribution is -2.14. The summed E-state index contributed by atoms with van der Waals surface area (Å²) in [6.07, 6.45) is 5.40. The zero-order valence-electron chi connectivity index (χ0n) is 17.0. The van der Waals surface area contributed by atoms with Gasteiger partial charge in [0.25, 0.3) is 0 Å². The number of carbonyl (C=O) groups excluding carboxylic acids is 1. The minimum atomic E-state index is -0.529. The Morgan fingerprint density at radius 1 is 1.00 bits per heavy atom. The predicted molar refractivity (Wildman–Crippen MR) is 120 cm³/mol. The molecule has 1 aromatic heterocycles. The van der Waals surface area contributed by atoms with Crippen molar-refractivity contribution >= 4 is 23.2 Å². The number of aryl methyl sites for hydroxylation is 1. The first-order valence-corrected chi connectivity index (χ1v) is 10.1. The van der Waals surface area contributed by atoms with Gasteiger partial charge in [-0.1, -0.05) is 60.7 Å². The Hall–Kier alpha value is -3.66. The summed E-state index contributed by atoms with van der Waals surface area (Å²) in [7, 11) is 0. The van der Waals surface area contributed by atoms with Crippen molar-refractivity contribution in [1.29, 1.82) is 0 Å². The largest absolute Gasteiger partial charge is 0.461 e. The number of hydrogen-bond donors (Lipinski definition) is 1. The fraction of sp³-hybridized carbons (Fsp3) is 0.154. The average molecular weight is 396 g/mol. The second-order valence-corrected chi connectivity index (χ2v) is 7.17. The Labute approximate surface area is 176 Å². The van der Waals surface area contributed by atoms with Crippen molar-refractivity contribution in [2.24, 2.45) is 5.73 Å². The maximum absolute atomic E-state index is 11.7. The van der Waals surface area contributed by atoms with Crippen LogP contribution in [0.3, 0.4) is 0 Å². The topological polar surface area (TPSA) is 65.2 Å². The molecule has 0 saturated carbocycles. The molecule has 0 spiro atoms. The van der Waals surface area contributed by atoms with Crippen molar-refractivity contribution in [3.63, 3.8) is 0 Å². The van der Waals surface area contributed by atoms with Gasteiger partial charge in [-0.25, -0.2) is 4.79 Å². The van der Waals surface area contributed by atoms with Crippen LogP contribution in [-0.2, 0) is 16.0 Å². The predicted octanol–water partition coefficient (Wildman–Crippen LogP) is 4.85. The highest BCUT2D eigenvalue weighted by molar-refractivity contribution is 6.00. The first-order valence-electron chi connectivity index (χ1n) is 10.1. The molecule has 1 heterocycles. The SMILES string of the molecule is CCOC(=O)C(N)=Cc1ccc(C2=C(c3ccccc3)CCc3ccccc32)cn1. The number of hydrogen-bond acceptors (Lipinski definition) is 4. The maximum Gasteiger partial charge on any atom is 0.354 e. The Morgan fingerprint density at radius 2 is 1.77 bits per heavy atom. The molecule has 4 heteroatoms. The quantitative estimate of drug-likeness (QED) is 0.495. The van der Waals surface area contributed by atoms with Gasteiger partial charge in [-0.15, -0.1) is 0 Å². The minimum Gasteiger partial charge on any atom is -0.461 e. The van der Waals surface area contributed by atoms with Crippen molar-refractivity contribution in [1.82, 2.24) is 4.98 Å². The maximum atomic E-state index is 11.7. The van der Waals surface area contributed by atoms with Crippen molar-refractivity contribution in [2.75, 3.05) is 6.61 Å². The Morgan fingerprint density at radius 3 is 2.50 bits per heavy atom. The van der Waals surface area contributed by atoms with E-state index in [1.165, 1.54) is 27.8 Å². The first kappa shape index (κ1) is 19.6. The van der Waals surface area contributed by atoms with Crippen LogP contribution in [0.15, 0.2) is 78.6 Å². The van der Waals surface area contributed by atoms with E-state index in [2.05, 4.69) is 53.5 Å². The molecule has 1 aliphatic carbocycles. The lowest BCUT2D eigenvalue weighted by molar-refractivity contribution is -0.138. The Bertz CT molecular complexity index is 1110. The van der Waals surface area contributed by atoms with Gasteiger partial charge in [-0.3, -0.25) is 4.98 Å². The first-order chi connectivity index (χ1) is 14.7. The molecule has 0 bridgehead atoms. The van der Waals surface area contributed by atoms with Crippen molar-refractivity contribution in [2.45, 2.75) is 19.8 Å². The number of carbonyl (C=O) groups is 1. The van der Waals surface area contributed by atoms with E-state index in [0.717, 1.165) is 18.4 Å². The van der Waals surface area contributed by atoms with Gasteiger partial charge in [0.2, 0.25) is 0 Å². The van der Waals surface area contributed by atoms with Crippen molar-refractivity contribution in [3.05, 3.63) is 107 Å². The normalized spacial score (nSPS) is 13.7. The standard InChI is InChI=1S/C26H24N2O2/c1-2-30-26(29)24(27)16-21-14-12-20(17-28-21)25-22-11-7-6-10-19(22)13-15-23(25)18-8-4-3-5-9-18/h3-12,14,16-17H,2,13,15,27H2,1H3. The lowest BCUT2D eigenvalue weighted by Gasteiger charge is -2.24. The summed E-state index contributed by atoms with van der Waals surface area (Å²) in [6.45, 7) is 2.04. The highest BCUT2D eigenvalue weighted by atomic mass is 16.5. The van der Waals surface area contributed by atoms with Crippen molar-refractivity contribution < 1.29 is 9.53 Å². The molecule has 0 atom stereocenters. The average Bonchev–Trinajstić information content (AvgIpc) is 2.79. The fourth-order valence-electron chi connectivity index (χ4n) is 3.86. The van der Waals surface area contributed by atoms with Crippen LogP contribution in [0, 0.1) is 0 Å². The summed E-state index contributed by atoms with van der Waals surface area (Å²) < 4.78 is 4.93. The summed E-state index contributed by atoms with van der Waals surface area (Å²) in [4.78, 5) is 16.3. The van der Waals surface area contributed by atoms with Crippen LogP contribution in [0.4, 0.5) is 0 Å². The van der Waals surface area contributed by atoms with E-state index in [4.69, 9.17) is 10.5 Å². The van der Waals surface area contributed by atoms with E-state index in [1.54, 1.807) is 13.0 Å². The molecular formula is C26H24N2O2. The molecule has 150 valence electrons. The van der Waals surface area contributed by atoms with Crippen LogP contribution in [0.2, 0.25) is 0 Å². The summed E-state index contributed by atoms with van der Waals surface area (Å²) in [6, 6.07) is 23.0. The third-order valence-corrected chi connectivity index (χ3v) is 5.24. The highest BCUT2D eigenvalue weighted by Crippen LogP contribution is 2.40. The third-order valence-electron chi connectivity index (χ3n) is 5.24. The van der Waals surface area contributed by atoms with E-state index in [1.807, 2.05) is 24.4 Å². The van der Waals surface area contributed by atoms with E-state index < -0.39 is 5.97 Å². The summed E-state index contributed by atoms with van der Waals surface area (Å²) >= 11 is 0. The zero-order valence-corrected chi connectivity index (χ0v) is 17.0. The Kier molecular flexibility index (Phi) is 5.75.